The highest BCUT2D eigenvalue weighted by molar-refractivity contribution is 6.36. The lowest BCUT2D eigenvalue weighted by molar-refractivity contribution is 1.06. The number of rotatable bonds is 5. The van der Waals surface area contributed by atoms with Crippen LogP contribution in [0.5, 0.6) is 0 Å². The summed E-state index contributed by atoms with van der Waals surface area (Å²) in [6.07, 6.45) is 1.66. The Morgan fingerprint density at radius 3 is 2.54 bits per heavy atom. The second-order valence-corrected chi connectivity index (χ2v) is 6.21. The van der Waals surface area contributed by atoms with Crippen molar-refractivity contribution in [3.8, 4) is 0 Å². The van der Waals surface area contributed by atoms with Gasteiger partial charge in [-0.2, -0.15) is 4.98 Å². The molecule has 2 aromatic carbocycles. The largest absolute Gasteiger partial charge is 0.350 e. The highest BCUT2D eigenvalue weighted by Crippen LogP contribution is 2.27. The molecule has 0 aliphatic carbocycles. The van der Waals surface area contributed by atoms with Crippen LogP contribution in [-0.4, -0.2) is 9.97 Å². The van der Waals surface area contributed by atoms with E-state index in [1.807, 2.05) is 24.3 Å². The van der Waals surface area contributed by atoms with Gasteiger partial charge in [-0.15, -0.1) is 0 Å². The van der Waals surface area contributed by atoms with Crippen LogP contribution in [0.25, 0.3) is 0 Å². The number of hydrogen-bond acceptors (Lipinski definition) is 4. The van der Waals surface area contributed by atoms with Gasteiger partial charge in [0.15, 0.2) is 0 Å². The highest BCUT2D eigenvalue weighted by Gasteiger charge is 2.05. The molecule has 1 heterocycles. The predicted molar refractivity (Wildman–Crippen MR) is 101 cm³/mol. The van der Waals surface area contributed by atoms with Crippen LogP contribution in [0.3, 0.4) is 0 Å². The Morgan fingerprint density at radius 1 is 0.917 bits per heavy atom. The van der Waals surface area contributed by atoms with Crippen LogP contribution < -0.4 is 10.6 Å². The van der Waals surface area contributed by atoms with Crippen LogP contribution >= 0.6 is 34.8 Å². The second-order valence-electron chi connectivity index (χ2n) is 4.96. The Morgan fingerprint density at radius 2 is 1.75 bits per heavy atom. The summed E-state index contributed by atoms with van der Waals surface area (Å²) in [5.41, 5.74) is 1.69. The van der Waals surface area contributed by atoms with E-state index < -0.39 is 0 Å². The molecule has 3 aromatic rings. The first-order valence-corrected chi connectivity index (χ1v) is 8.27. The number of nitrogens with one attached hydrogen (secondary N) is 2. The number of nitrogens with zero attached hydrogens (tertiary/aromatic N) is 2. The fourth-order valence-electron chi connectivity index (χ4n) is 2.06. The SMILES string of the molecule is Clc1ccc(Nc2ccnc(NCc3ccccc3Cl)n2)c(Cl)c1. The average Bonchev–Trinajstić information content (AvgIpc) is 2.57. The van der Waals surface area contributed by atoms with Crippen molar-refractivity contribution in [2.75, 3.05) is 10.6 Å². The van der Waals surface area contributed by atoms with E-state index >= 15 is 0 Å². The number of aromatic nitrogens is 2. The summed E-state index contributed by atoms with van der Waals surface area (Å²) in [5.74, 6) is 1.11. The van der Waals surface area contributed by atoms with Gasteiger partial charge in [0.25, 0.3) is 0 Å². The highest BCUT2D eigenvalue weighted by atomic mass is 35.5. The summed E-state index contributed by atoms with van der Waals surface area (Å²) in [5, 5.41) is 8.09. The van der Waals surface area contributed by atoms with E-state index in [-0.39, 0.29) is 0 Å². The lowest BCUT2D eigenvalue weighted by Gasteiger charge is -2.10. The molecular weight excluding hydrogens is 367 g/mol. The fraction of sp³-hybridized carbons (Fsp3) is 0.0588. The van der Waals surface area contributed by atoms with Crippen molar-refractivity contribution in [1.29, 1.82) is 0 Å². The number of halogens is 3. The monoisotopic (exact) mass is 378 g/mol. The molecule has 0 amide bonds. The summed E-state index contributed by atoms with van der Waals surface area (Å²) in [6.45, 7) is 0.533. The van der Waals surface area contributed by atoms with E-state index in [1.54, 1.807) is 30.5 Å². The maximum absolute atomic E-state index is 6.16. The van der Waals surface area contributed by atoms with E-state index in [4.69, 9.17) is 34.8 Å². The fourth-order valence-corrected chi connectivity index (χ4v) is 2.72. The molecule has 0 bridgehead atoms. The van der Waals surface area contributed by atoms with Crippen LogP contribution in [0.1, 0.15) is 5.56 Å². The van der Waals surface area contributed by atoms with E-state index in [2.05, 4.69) is 20.6 Å². The van der Waals surface area contributed by atoms with Crippen molar-refractivity contribution in [1.82, 2.24) is 9.97 Å². The van der Waals surface area contributed by atoms with Gasteiger partial charge in [0.05, 0.1) is 10.7 Å². The van der Waals surface area contributed by atoms with Crippen LogP contribution in [0.4, 0.5) is 17.5 Å². The summed E-state index contributed by atoms with van der Waals surface area (Å²) in [4.78, 5) is 8.61. The summed E-state index contributed by atoms with van der Waals surface area (Å²) < 4.78 is 0. The zero-order valence-corrected chi connectivity index (χ0v) is 14.7. The van der Waals surface area contributed by atoms with Crippen molar-refractivity contribution >= 4 is 52.3 Å². The molecule has 122 valence electrons. The molecule has 1 aromatic heterocycles. The summed E-state index contributed by atoms with van der Waals surface area (Å²) >= 11 is 18.2. The van der Waals surface area contributed by atoms with Crippen molar-refractivity contribution in [2.45, 2.75) is 6.54 Å². The molecule has 24 heavy (non-hydrogen) atoms. The van der Waals surface area contributed by atoms with Gasteiger partial charge in [-0.25, -0.2) is 4.98 Å². The standard InChI is InChI=1S/C17H13Cl3N4/c18-12-5-6-15(14(20)9-12)23-16-7-8-21-17(24-16)22-10-11-3-1-2-4-13(11)19/h1-9H,10H2,(H2,21,22,23,24). The van der Waals surface area contributed by atoms with Gasteiger partial charge in [-0.05, 0) is 35.9 Å². The summed E-state index contributed by atoms with van der Waals surface area (Å²) in [7, 11) is 0. The smallest absolute Gasteiger partial charge is 0.224 e. The van der Waals surface area contributed by atoms with Crippen LogP contribution in [-0.2, 0) is 6.54 Å². The van der Waals surface area contributed by atoms with Gasteiger partial charge < -0.3 is 10.6 Å². The Kier molecular flexibility index (Phi) is 5.41. The molecule has 4 nitrogen and oxygen atoms in total. The van der Waals surface area contributed by atoms with Gasteiger partial charge in [0.2, 0.25) is 5.95 Å². The average molecular weight is 380 g/mol. The zero-order chi connectivity index (χ0) is 16.9. The van der Waals surface area contributed by atoms with Crippen molar-refractivity contribution in [3.63, 3.8) is 0 Å². The lowest BCUT2D eigenvalue weighted by atomic mass is 10.2. The third-order valence-electron chi connectivity index (χ3n) is 3.24. The van der Waals surface area contributed by atoms with Crippen LogP contribution in [0.2, 0.25) is 15.1 Å². The van der Waals surface area contributed by atoms with E-state index in [0.29, 0.717) is 33.4 Å². The molecule has 0 radical (unpaired) electrons. The van der Waals surface area contributed by atoms with E-state index in [9.17, 15) is 0 Å². The van der Waals surface area contributed by atoms with Crippen molar-refractivity contribution in [3.05, 3.63) is 75.4 Å². The predicted octanol–water partition coefficient (Wildman–Crippen LogP) is 5.79. The minimum absolute atomic E-state index is 0.491. The Balaban J connectivity index is 1.71. The minimum atomic E-state index is 0.491. The van der Waals surface area contributed by atoms with Gasteiger partial charge in [-0.3, -0.25) is 0 Å². The number of anilines is 3. The maximum Gasteiger partial charge on any atom is 0.224 e. The van der Waals surface area contributed by atoms with Crippen molar-refractivity contribution in [2.24, 2.45) is 0 Å². The van der Waals surface area contributed by atoms with Gasteiger partial charge in [0, 0.05) is 22.8 Å². The normalized spacial score (nSPS) is 10.5. The first-order chi connectivity index (χ1) is 11.6. The topological polar surface area (TPSA) is 49.8 Å². The molecule has 2 N–H and O–H groups in total. The minimum Gasteiger partial charge on any atom is -0.350 e. The molecule has 3 rings (SSSR count). The van der Waals surface area contributed by atoms with E-state index in [1.165, 1.54) is 0 Å². The van der Waals surface area contributed by atoms with Crippen LogP contribution in [0.15, 0.2) is 54.7 Å². The number of hydrogen-bond donors (Lipinski definition) is 2. The number of benzene rings is 2. The molecule has 0 aliphatic heterocycles. The Labute approximate surface area is 154 Å². The quantitative estimate of drug-likeness (QED) is 0.589. The first-order valence-electron chi connectivity index (χ1n) is 7.14. The first kappa shape index (κ1) is 16.8. The molecule has 0 fully saturated rings. The molecular formula is C17H13Cl3N4. The van der Waals surface area contributed by atoms with Crippen LogP contribution in [0, 0.1) is 0 Å². The molecule has 0 saturated heterocycles. The van der Waals surface area contributed by atoms with Crippen molar-refractivity contribution < 1.29 is 0 Å². The van der Waals surface area contributed by atoms with Gasteiger partial charge in [-0.1, -0.05) is 53.0 Å². The van der Waals surface area contributed by atoms with Gasteiger partial charge in [0.1, 0.15) is 5.82 Å². The molecule has 0 aliphatic rings. The zero-order valence-electron chi connectivity index (χ0n) is 12.4. The van der Waals surface area contributed by atoms with Gasteiger partial charge >= 0.3 is 0 Å². The maximum atomic E-state index is 6.16. The molecule has 0 unspecified atom stereocenters. The Bertz CT molecular complexity index is 855. The molecule has 0 atom stereocenters. The van der Waals surface area contributed by atoms with E-state index in [0.717, 1.165) is 11.3 Å². The lowest BCUT2D eigenvalue weighted by Crippen LogP contribution is -2.05. The third kappa shape index (κ3) is 4.29. The Hall–Kier alpha value is -2.01. The second kappa shape index (κ2) is 7.71. The third-order valence-corrected chi connectivity index (χ3v) is 4.16. The summed E-state index contributed by atoms with van der Waals surface area (Å²) in [6, 6.07) is 14.6. The molecule has 0 spiro atoms. The molecule has 7 heteroatoms. The molecule has 0 saturated carbocycles.